The Balaban J connectivity index is 2.19. The van der Waals surface area contributed by atoms with E-state index in [4.69, 9.17) is 5.73 Å². The molecule has 2 rings (SSSR count). The van der Waals surface area contributed by atoms with Gasteiger partial charge in [0.25, 0.3) is 0 Å². The van der Waals surface area contributed by atoms with Gasteiger partial charge in [-0.2, -0.15) is 11.3 Å². The van der Waals surface area contributed by atoms with E-state index in [2.05, 4.69) is 36.0 Å². The van der Waals surface area contributed by atoms with Crippen LogP contribution in [0.1, 0.15) is 31.9 Å². The second-order valence-corrected chi connectivity index (χ2v) is 5.49. The van der Waals surface area contributed by atoms with Crippen LogP contribution in [0.15, 0.2) is 16.8 Å². The molecular weight excluding hydrogens is 204 g/mol. The predicted molar refractivity (Wildman–Crippen MR) is 66.0 cm³/mol. The van der Waals surface area contributed by atoms with Gasteiger partial charge in [0.1, 0.15) is 0 Å². The zero-order chi connectivity index (χ0) is 10.8. The van der Waals surface area contributed by atoms with Gasteiger partial charge in [-0.1, -0.05) is 6.92 Å². The van der Waals surface area contributed by atoms with Gasteiger partial charge in [-0.3, -0.25) is 0 Å². The van der Waals surface area contributed by atoms with E-state index in [0.717, 1.165) is 12.5 Å². The van der Waals surface area contributed by atoms with Crippen LogP contribution < -0.4 is 11.1 Å². The summed E-state index contributed by atoms with van der Waals surface area (Å²) >= 11 is 1.77. The van der Waals surface area contributed by atoms with Gasteiger partial charge in [0.15, 0.2) is 0 Å². The summed E-state index contributed by atoms with van der Waals surface area (Å²) in [5.74, 6) is 1.30. The normalized spacial score (nSPS) is 36.7. The van der Waals surface area contributed by atoms with Crippen LogP contribution in [0.3, 0.4) is 0 Å². The molecule has 1 fully saturated rings. The molecule has 0 aromatic carbocycles. The molecule has 3 heteroatoms. The molecule has 84 valence electrons. The number of thiophene rings is 1. The lowest BCUT2D eigenvalue weighted by atomic mass is 9.77. The van der Waals surface area contributed by atoms with E-state index in [9.17, 15) is 0 Å². The highest BCUT2D eigenvalue weighted by atomic mass is 32.1. The molecule has 0 spiro atoms. The number of rotatable bonds is 2. The zero-order valence-corrected chi connectivity index (χ0v) is 10.3. The van der Waals surface area contributed by atoms with Crippen molar-refractivity contribution in [3.05, 3.63) is 22.4 Å². The van der Waals surface area contributed by atoms with E-state index < -0.39 is 0 Å². The molecule has 2 heterocycles. The SMILES string of the molecule is CC1CC(C)C(CN)C(c2ccsc2)N1. The summed E-state index contributed by atoms with van der Waals surface area (Å²) in [6.45, 7) is 5.37. The van der Waals surface area contributed by atoms with Crippen molar-refractivity contribution in [2.24, 2.45) is 17.6 Å². The number of piperidine rings is 1. The Morgan fingerprint density at radius 3 is 2.93 bits per heavy atom. The van der Waals surface area contributed by atoms with Gasteiger partial charge >= 0.3 is 0 Å². The molecule has 3 N–H and O–H groups in total. The van der Waals surface area contributed by atoms with Crippen LogP contribution in [0.25, 0.3) is 0 Å². The number of hydrogen-bond acceptors (Lipinski definition) is 3. The molecule has 15 heavy (non-hydrogen) atoms. The van der Waals surface area contributed by atoms with Crippen molar-refractivity contribution in [3.63, 3.8) is 0 Å². The van der Waals surface area contributed by atoms with Gasteiger partial charge in [0.2, 0.25) is 0 Å². The molecule has 2 nitrogen and oxygen atoms in total. The fraction of sp³-hybridized carbons (Fsp3) is 0.667. The van der Waals surface area contributed by atoms with Crippen LogP contribution >= 0.6 is 11.3 Å². The molecule has 0 amide bonds. The predicted octanol–water partition coefficient (Wildman–Crippen LogP) is 2.38. The first-order valence-electron chi connectivity index (χ1n) is 5.70. The molecule has 1 aliphatic heterocycles. The van der Waals surface area contributed by atoms with Gasteiger partial charge in [-0.25, -0.2) is 0 Å². The Labute approximate surface area is 95.9 Å². The number of hydrogen-bond donors (Lipinski definition) is 2. The molecule has 1 aromatic rings. The summed E-state index contributed by atoms with van der Waals surface area (Å²) in [4.78, 5) is 0. The third kappa shape index (κ3) is 2.25. The summed E-state index contributed by atoms with van der Waals surface area (Å²) in [6.07, 6.45) is 1.24. The lowest BCUT2D eigenvalue weighted by molar-refractivity contribution is 0.174. The summed E-state index contributed by atoms with van der Waals surface area (Å²) in [6, 6.07) is 3.28. The lowest BCUT2D eigenvalue weighted by Crippen LogP contribution is -2.46. The highest BCUT2D eigenvalue weighted by Gasteiger charge is 2.33. The van der Waals surface area contributed by atoms with Crippen molar-refractivity contribution in [1.29, 1.82) is 0 Å². The average Bonchev–Trinajstić information content (AvgIpc) is 2.69. The Morgan fingerprint density at radius 2 is 2.33 bits per heavy atom. The van der Waals surface area contributed by atoms with Crippen LogP contribution in [0.4, 0.5) is 0 Å². The fourth-order valence-corrected chi connectivity index (χ4v) is 3.42. The van der Waals surface area contributed by atoms with Crippen molar-refractivity contribution in [2.75, 3.05) is 6.54 Å². The molecular formula is C12H20N2S. The molecule has 1 aliphatic rings. The maximum Gasteiger partial charge on any atom is 0.0373 e. The minimum absolute atomic E-state index is 0.458. The zero-order valence-electron chi connectivity index (χ0n) is 9.44. The van der Waals surface area contributed by atoms with E-state index in [1.54, 1.807) is 11.3 Å². The van der Waals surface area contributed by atoms with E-state index in [1.807, 2.05) is 0 Å². The van der Waals surface area contributed by atoms with Crippen LogP contribution in [0.5, 0.6) is 0 Å². The molecule has 4 unspecified atom stereocenters. The van der Waals surface area contributed by atoms with Crippen LogP contribution in [-0.2, 0) is 0 Å². The maximum atomic E-state index is 5.90. The standard InChI is InChI=1S/C12H20N2S/c1-8-5-9(2)14-12(11(8)6-13)10-3-4-15-7-10/h3-4,7-9,11-12,14H,5-6,13H2,1-2H3. The van der Waals surface area contributed by atoms with Gasteiger partial charge in [0.05, 0.1) is 0 Å². The highest BCUT2D eigenvalue weighted by Crippen LogP contribution is 2.35. The lowest BCUT2D eigenvalue weighted by Gasteiger charge is -2.40. The smallest absolute Gasteiger partial charge is 0.0373 e. The van der Waals surface area contributed by atoms with E-state index in [1.165, 1.54) is 12.0 Å². The third-order valence-electron chi connectivity index (χ3n) is 3.52. The van der Waals surface area contributed by atoms with Crippen molar-refractivity contribution >= 4 is 11.3 Å². The molecule has 0 aliphatic carbocycles. The minimum atomic E-state index is 0.458. The summed E-state index contributed by atoms with van der Waals surface area (Å²) in [7, 11) is 0. The Hall–Kier alpha value is -0.380. The van der Waals surface area contributed by atoms with Crippen LogP contribution in [-0.4, -0.2) is 12.6 Å². The van der Waals surface area contributed by atoms with Crippen LogP contribution in [0.2, 0.25) is 0 Å². The Bertz CT molecular complexity index is 297. The Morgan fingerprint density at radius 1 is 1.53 bits per heavy atom. The number of nitrogens with one attached hydrogen (secondary N) is 1. The van der Waals surface area contributed by atoms with Gasteiger partial charge in [-0.05, 0) is 54.1 Å². The van der Waals surface area contributed by atoms with E-state index >= 15 is 0 Å². The van der Waals surface area contributed by atoms with Gasteiger partial charge in [0, 0.05) is 12.1 Å². The highest BCUT2D eigenvalue weighted by molar-refractivity contribution is 7.07. The first-order valence-corrected chi connectivity index (χ1v) is 6.65. The van der Waals surface area contributed by atoms with Crippen molar-refractivity contribution in [3.8, 4) is 0 Å². The first-order chi connectivity index (χ1) is 7.22. The molecule has 0 saturated carbocycles. The van der Waals surface area contributed by atoms with Crippen molar-refractivity contribution < 1.29 is 0 Å². The monoisotopic (exact) mass is 224 g/mol. The molecule has 4 atom stereocenters. The van der Waals surface area contributed by atoms with Gasteiger partial charge in [-0.15, -0.1) is 0 Å². The van der Waals surface area contributed by atoms with Crippen LogP contribution in [0, 0.1) is 11.8 Å². The van der Waals surface area contributed by atoms with E-state index in [0.29, 0.717) is 18.0 Å². The number of nitrogens with two attached hydrogens (primary N) is 1. The average molecular weight is 224 g/mol. The Kier molecular flexibility index (Phi) is 3.44. The first kappa shape index (κ1) is 11.1. The summed E-state index contributed by atoms with van der Waals surface area (Å²) in [5, 5.41) is 8.07. The molecule has 1 aromatic heterocycles. The second-order valence-electron chi connectivity index (χ2n) is 4.71. The van der Waals surface area contributed by atoms with Crippen molar-refractivity contribution in [2.45, 2.75) is 32.4 Å². The quantitative estimate of drug-likeness (QED) is 0.809. The summed E-state index contributed by atoms with van der Waals surface area (Å²) in [5.41, 5.74) is 7.31. The minimum Gasteiger partial charge on any atom is -0.330 e. The fourth-order valence-electron chi connectivity index (χ4n) is 2.72. The maximum absolute atomic E-state index is 5.90. The topological polar surface area (TPSA) is 38.0 Å². The van der Waals surface area contributed by atoms with Gasteiger partial charge < -0.3 is 11.1 Å². The molecule has 0 bridgehead atoms. The van der Waals surface area contributed by atoms with E-state index in [-0.39, 0.29) is 0 Å². The summed E-state index contributed by atoms with van der Waals surface area (Å²) < 4.78 is 0. The van der Waals surface area contributed by atoms with Crippen molar-refractivity contribution in [1.82, 2.24) is 5.32 Å². The molecule has 1 saturated heterocycles. The molecule has 0 radical (unpaired) electrons. The third-order valence-corrected chi connectivity index (χ3v) is 4.22. The largest absolute Gasteiger partial charge is 0.330 e. The second kappa shape index (κ2) is 4.64.